The highest BCUT2D eigenvalue weighted by Crippen LogP contribution is 2.38. The smallest absolute Gasteiger partial charge is 0.222 e. The highest BCUT2D eigenvalue weighted by atomic mass is 16.2. The summed E-state index contributed by atoms with van der Waals surface area (Å²) in [6, 6.07) is 0.490. The minimum absolute atomic E-state index is 0.394. The Balaban J connectivity index is 1.47. The van der Waals surface area contributed by atoms with Gasteiger partial charge in [-0.15, -0.1) is 0 Å². The number of aromatic nitrogens is 3. The van der Waals surface area contributed by atoms with Gasteiger partial charge in [0, 0.05) is 38.6 Å². The summed E-state index contributed by atoms with van der Waals surface area (Å²) in [5.74, 6) is 2.74. The number of carbonyl (C=O) groups excluding carboxylic acids is 1. The van der Waals surface area contributed by atoms with Crippen molar-refractivity contribution in [2.24, 2.45) is 11.8 Å². The molecule has 22 heavy (non-hydrogen) atoms. The van der Waals surface area contributed by atoms with E-state index < -0.39 is 0 Å². The second kappa shape index (κ2) is 5.65. The Kier molecular flexibility index (Phi) is 3.64. The molecule has 1 aromatic rings. The molecular weight excluding hydrogens is 278 g/mol. The number of aryl methyl sites for hydroxylation is 1. The van der Waals surface area contributed by atoms with Crippen LogP contribution < -0.4 is 0 Å². The van der Waals surface area contributed by atoms with E-state index in [0.29, 0.717) is 23.8 Å². The van der Waals surface area contributed by atoms with E-state index in [1.54, 1.807) is 6.33 Å². The molecule has 1 aromatic heterocycles. The zero-order valence-corrected chi connectivity index (χ0v) is 13.3. The van der Waals surface area contributed by atoms with E-state index in [-0.39, 0.29) is 0 Å². The van der Waals surface area contributed by atoms with Gasteiger partial charge in [0.2, 0.25) is 5.91 Å². The molecule has 0 saturated carbocycles. The molecule has 1 amide bonds. The van der Waals surface area contributed by atoms with Gasteiger partial charge in [-0.1, -0.05) is 0 Å². The molecule has 0 N–H and O–H groups in total. The maximum atomic E-state index is 12.2. The Hall–Kier alpha value is -1.43. The predicted octanol–water partition coefficient (Wildman–Crippen LogP) is 1.13. The first kappa shape index (κ1) is 14.2. The van der Waals surface area contributed by atoms with Crippen molar-refractivity contribution in [3.8, 4) is 0 Å². The van der Waals surface area contributed by atoms with Crippen LogP contribution in [0.3, 0.4) is 0 Å². The summed E-state index contributed by atoms with van der Waals surface area (Å²) in [4.78, 5) is 21.3. The van der Waals surface area contributed by atoms with Gasteiger partial charge in [-0.2, -0.15) is 5.10 Å². The summed E-state index contributed by atoms with van der Waals surface area (Å²) in [6.45, 7) is 7.03. The monoisotopic (exact) mass is 303 g/mol. The fraction of sp³-hybridized carbons (Fsp3) is 0.812. The highest BCUT2D eigenvalue weighted by molar-refractivity contribution is 5.77. The largest absolute Gasteiger partial charge is 0.339 e. The molecule has 0 spiro atoms. The topological polar surface area (TPSA) is 54.3 Å². The molecule has 2 bridgehead atoms. The van der Waals surface area contributed by atoms with Crippen LogP contribution in [0.2, 0.25) is 0 Å². The fourth-order valence-corrected chi connectivity index (χ4v) is 4.72. The number of amides is 1. The quantitative estimate of drug-likeness (QED) is 0.840. The van der Waals surface area contributed by atoms with Crippen LogP contribution in [0.4, 0.5) is 0 Å². The van der Waals surface area contributed by atoms with Crippen LogP contribution in [0, 0.1) is 11.8 Å². The number of hydrogen-bond acceptors (Lipinski definition) is 4. The second-order valence-corrected chi connectivity index (χ2v) is 7.05. The number of likely N-dealkylation sites (tertiary alicyclic amines) is 1. The molecule has 6 nitrogen and oxygen atoms in total. The molecule has 0 aliphatic carbocycles. The summed E-state index contributed by atoms with van der Waals surface area (Å²) < 4.78 is 1.99. The molecule has 120 valence electrons. The fourth-order valence-electron chi connectivity index (χ4n) is 4.72. The van der Waals surface area contributed by atoms with Crippen LogP contribution in [0.25, 0.3) is 0 Å². The van der Waals surface area contributed by atoms with Crippen LogP contribution in [0.1, 0.15) is 38.4 Å². The van der Waals surface area contributed by atoms with Crippen LogP contribution in [0.5, 0.6) is 0 Å². The Morgan fingerprint density at radius 1 is 1.32 bits per heavy atom. The third-order valence-corrected chi connectivity index (χ3v) is 5.62. The van der Waals surface area contributed by atoms with E-state index in [2.05, 4.69) is 26.8 Å². The lowest BCUT2D eigenvalue weighted by Crippen LogP contribution is -2.60. The molecule has 3 aliphatic heterocycles. The highest BCUT2D eigenvalue weighted by Gasteiger charge is 2.43. The lowest BCUT2D eigenvalue weighted by Gasteiger charge is -2.52. The number of piperidine rings is 3. The summed E-state index contributed by atoms with van der Waals surface area (Å²) in [7, 11) is 0. The zero-order chi connectivity index (χ0) is 15.1. The number of carbonyl (C=O) groups is 1. The van der Waals surface area contributed by atoms with Gasteiger partial charge in [0.25, 0.3) is 0 Å². The van der Waals surface area contributed by atoms with Crippen molar-refractivity contribution in [3.05, 3.63) is 12.2 Å². The number of rotatable bonds is 3. The average Bonchev–Trinajstić information content (AvgIpc) is 2.95. The molecule has 4 heterocycles. The van der Waals surface area contributed by atoms with Crippen molar-refractivity contribution in [1.29, 1.82) is 0 Å². The zero-order valence-electron chi connectivity index (χ0n) is 13.3. The molecule has 3 aliphatic rings. The van der Waals surface area contributed by atoms with Crippen molar-refractivity contribution < 1.29 is 4.79 Å². The number of fused-ring (bicyclic) bond motifs is 4. The third-order valence-electron chi connectivity index (χ3n) is 5.62. The lowest BCUT2D eigenvalue weighted by molar-refractivity contribution is -0.145. The van der Waals surface area contributed by atoms with Gasteiger partial charge in [0.15, 0.2) is 0 Å². The lowest BCUT2D eigenvalue weighted by atomic mass is 9.76. The van der Waals surface area contributed by atoms with Gasteiger partial charge in [0.1, 0.15) is 12.2 Å². The van der Waals surface area contributed by atoms with Crippen molar-refractivity contribution in [2.75, 3.05) is 19.6 Å². The summed E-state index contributed by atoms with van der Waals surface area (Å²) >= 11 is 0. The minimum Gasteiger partial charge on any atom is -0.339 e. The second-order valence-electron chi connectivity index (χ2n) is 7.05. The van der Waals surface area contributed by atoms with Crippen LogP contribution in [-0.2, 0) is 17.9 Å². The van der Waals surface area contributed by atoms with Crippen molar-refractivity contribution >= 4 is 5.91 Å². The van der Waals surface area contributed by atoms with Gasteiger partial charge >= 0.3 is 0 Å². The molecule has 0 unspecified atom stereocenters. The van der Waals surface area contributed by atoms with E-state index in [4.69, 9.17) is 0 Å². The van der Waals surface area contributed by atoms with Crippen molar-refractivity contribution in [3.63, 3.8) is 0 Å². The molecule has 6 heteroatoms. The normalized spacial score (nSPS) is 32.1. The van der Waals surface area contributed by atoms with Gasteiger partial charge < -0.3 is 4.90 Å². The maximum absolute atomic E-state index is 12.2. The Morgan fingerprint density at radius 3 is 3.09 bits per heavy atom. The molecule has 3 fully saturated rings. The predicted molar refractivity (Wildman–Crippen MR) is 81.9 cm³/mol. The Bertz CT molecular complexity index is 556. The van der Waals surface area contributed by atoms with Crippen LogP contribution >= 0.6 is 0 Å². The summed E-state index contributed by atoms with van der Waals surface area (Å²) in [5, 5.41) is 4.27. The first-order valence-electron chi connectivity index (χ1n) is 8.63. The van der Waals surface area contributed by atoms with Crippen molar-refractivity contribution in [1.82, 2.24) is 24.6 Å². The first-order chi connectivity index (χ1) is 10.7. The van der Waals surface area contributed by atoms with Gasteiger partial charge in [0.05, 0.1) is 6.54 Å². The summed E-state index contributed by atoms with van der Waals surface area (Å²) in [5.41, 5.74) is 0. The Labute approximate surface area is 131 Å². The maximum Gasteiger partial charge on any atom is 0.222 e. The van der Waals surface area contributed by atoms with E-state index in [1.807, 2.05) is 4.68 Å². The molecular formula is C16H25N5O. The van der Waals surface area contributed by atoms with Crippen LogP contribution in [-0.4, -0.2) is 56.1 Å². The number of hydrogen-bond donors (Lipinski definition) is 0. The van der Waals surface area contributed by atoms with E-state index in [0.717, 1.165) is 51.4 Å². The van der Waals surface area contributed by atoms with Crippen LogP contribution in [0.15, 0.2) is 6.33 Å². The first-order valence-corrected chi connectivity index (χ1v) is 8.63. The van der Waals surface area contributed by atoms with Gasteiger partial charge in [-0.25, -0.2) is 9.67 Å². The van der Waals surface area contributed by atoms with Gasteiger partial charge in [-0.05, 0) is 38.0 Å². The Morgan fingerprint density at radius 2 is 2.23 bits per heavy atom. The molecule has 4 rings (SSSR count). The minimum atomic E-state index is 0.394. The van der Waals surface area contributed by atoms with E-state index in [1.165, 1.54) is 12.8 Å². The standard InChI is InChI=1S/C16H25N5O/c1-2-21-15(17-11-18-21)10-19-7-12-6-13(9-19)14-4-3-5-16(22)20(14)8-12/h11-14H,2-10H2,1H3/t12-,13-,14+/m1/s1. The molecule has 3 saturated heterocycles. The molecule has 0 radical (unpaired) electrons. The number of nitrogens with zero attached hydrogens (tertiary/aromatic N) is 5. The van der Waals surface area contributed by atoms with E-state index >= 15 is 0 Å². The third kappa shape index (κ3) is 2.43. The van der Waals surface area contributed by atoms with Gasteiger partial charge in [-0.3, -0.25) is 9.69 Å². The SMILES string of the molecule is CCn1ncnc1CN1C[C@H]2C[C@H](C1)[C@@H]1CCCC(=O)N1C2. The van der Waals surface area contributed by atoms with Crippen molar-refractivity contribution in [2.45, 2.75) is 51.7 Å². The molecule has 0 aromatic carbocycles. The average molecular weight is 303 g/mol. The molecule has 3 atom stereocenters. The summed E-state index contributed by atoms with van der Waals surface area (Å²) in [6.07, 6.45) is 5.99. The van der Waals surface area contributed by atoms with E-state index in [9.17, 15) is 4.79 Å².